The van der Waals surface area contributed by atoms with Crippen LogP contribution in [0.1, 0.15) is 6.92 Å². The predicted octanol–water partition coefficient (Wildman–Crippen LogP) is 5.87. The molecule has 0 unspecified atom stereocenters. The van der Waals surface area contributed by atoms with Gasteiger partial charge in [-0.15, -0.1) is 16.9 Å². The first-order chi connectivity index (χ1) is 8.79. The van der Waals surface area contributed by atoms with E-state index in [0.717, 1.165) is 22.0 Å². The van der Waals surface area contributed by atoms with Gasteiger partial charge in [-0.3, -0.25) is 0 Å². The predicted molar refractivity (Wildman–Crippen MR) is 78.5 cm³/mol. The largest absolute Gasteiger partial charge is 0.151 e. The van der Waals surface area contributed by atoms with Crippen LogP contribution in [0.25, 0.3) is 0 Å². The van der Waals surface area contributed by atoms with Gasteiger partial charge in [0.05, 0.1) is 11.4 Å². The van der Waals surface area contributed by atoms with Gasteiger partial charge >= 0.3 is 0 Å². The summed E-state index contributed by atoms with van der Waals surface area (Å²) in [6, 6.07) is 15.3. The van der Waals surface area contributed by atoms with Crippen LogP contribution >= 0.6 is 23.4 Å². The Morgan fingerprint density at radius 3 is 2.44 bits per heavy atom. The lowest BCUT2D eigenvalue weighted by atomic mass is 10.3. The molecule has 2 rings (SSSR count). The third-order valence-electron chi connectivity index (χ3n) is 2.26. The smallest absolute Gasteiger partial charge is 0.0992 e. The Bertz CT molecular complexity index is 538. The van der Waals surface area contributed by atoms with Crippen molar-refractivity contribution < 1.29 is 0 Å². The number of hydrogen-bond acceptors (Lipinski definition) is 3. The SMILES string of the molecule is CCSc1ccccc1N=Nc1ccc(Cl)cc1. The molecule has 0 fully saturated rings. The highest BCUT2D eigenvalue weighted by Gasteiger charge is 1.99. The first kappa shape index (κ1) is 13.1. The molecule has 2 aromatic rings. The molecule has 0 saturated carbocycles. The standard InChI is InChI=1S/C14H13ClN2S/c1-2-18-14-6-4-3-5-13(14)17-16-12-9-7-11(15)8-10-12/h3-10H,2H2,1H3. The maximum Gasteiger partial charge on any atom is 0.0992 e. The van der Waals surface area contributed by atoms with E-state index >= 15 is 0 Å². The minimum absolute atomic E-state index is 0.705. The fraction of sp³-hybridized carbons (Fsp3) is 0.143. The van der Waals surface area contributed by atoms with Crippen molar-refractivity contribution in [1.82, 2.24) is 0 Å². The zero-order valence-corrected chi connectivity index (χ0v) is 11.6. The van der Waals surface area contributed by atoms with E-state index in [1.807, 2.05) is 42.5 Å². The summed E-state index contributed by atoms with van der Waals surface area (Å²) in [6.07, 6.45) is 0. The molecule has 0 bridgehead atoms. The van der Waals surface area contributed by atoms with E-state index in [2.05, 4.69) is 23.2 Å². The molecule has 0 heterocycles. The van der Waals surface area contributed by atoms with Crippen LogP contribution in [-0.2, 0) is 0 Å². The van der Waals surface area contributed by atoms with Crippen molar-refractivity contribution in [2.75, 3.05) is 5.75 Å². The molecule has 0 atom stereocenters. The molecule has 0 saturated heterocycles. The highest BCUT2D eigenvalue weighted by atomic mass is 35.5. The van der Waals surface area contributed by atoms with Gasteiger partial charge in [-0.1, -0.05) is 30.7 Å². The number of hydrogen-bond donors (Lipinski definition) is 0. The number of thioether (sulfide) groups is 1. The summed E-state index contributed by atoms with van der Waals surface area (Å²) >= 11 is 7.58. The van der Waals surface area contributed by atoms with E-state index < -0.39 is 0 Å². The van der Waals surface area contributed by atoms with Crippen molar-refractivity contribution in [3.05, 3.63) is 53.6 Å². The summed E-state index contributed by atoms with van der Waals surface area (Å²) in [5.74, 6) is 1.02. The molecule has 0 aliphatic carbocycles. The lowest BCUT2D eigenvalue weighted by Gasteiger charge is -2.01. The Morgan fingerprint density at radius 2 is 1.72 bits per heavy atom. The molecular weight excluding hydrogens is 264 g/mol. The van der Waals surface area contributed by atoms with E-state index in [0.29, 0.717) is 5.02 Å². The zero-order valence-electron chi connectivity index (χ0n) is 10.0. The first-order valence-electron chi connectivity index (χ1n) is 5.68. The second kappa shape index (κ2) is 6.57. The average Bonchev–Trinajstić information content (AvgIpc) is 2.40. The lowest BCUT2D eigenvalue weighted by molar-refractivity contribution is 1.19. The average molecular weight is 277 g/mol. The number of azo groups is 1. The Balaban J connectivity index is 2.20. The third-order valence-corrected chi connectivity index (χ3v) is 3.46. The van der Waals surface area contributed by atoms with Crippen molar-refractivity contribution in [3.8, 4) is 0 Å². The van der Waals surface area contributed by atoms with Gasteiger partial charge in [-0.25, -0.2) is 0 Å². The summed E-state index contributed by atoms with van der Waals surface area (Å²) < 4.78 is 0. The van der Waals surface area contributed by atoms with Gasteiger partial charge in [-0.2, -0.15) is 5.11 Å². The minimum atomic E-state index is 0.705. The van der Waals surface area contributed by atoms with E-state index in [4.69, 9.17) is 11.6 Å². The third kappa shape index (κ3) is 3.59. The number of halogens is 1. The van der Waals surface area contributed by atoms with Crippen LogP contribution in [0.4, 0.5) is 11.4 Å². The second-order valence-electron chi connectivity index (χ2n) is 3.58. The molecule has 92 valence electrons. The molecule has 0 aliphatic heterocycles. The van der Waals surface area contributed by atoms with Crippen molar-refractivity contribution in [1.29, 1.82) is 0 Å². The molecule has 0 aliphatic rings. The topological polar surface area (TPSA) is 24.7 Å². The van der Waals surface area contributed by atoms with Crippen LogP contribution in [0.5, 0.6) is 0 Å². The number of benzene rings is 2. The fourth-order valence-corrected chi connectivity index (χ4v) is 2.31. The van der Waals surface area contributed by atoms with E-state index in [1.165, 1.54) is 0 Å². The van der Waals surface area contributed by atoms with Crippen molar-refractivity contribution in [2.24, 2.45) is 10.2 Å². The Hall–Kier alpha value is -1.32. The maximum absolute atomic E-state index is 5.82. The van der Waals surface area contributed by atoms with E-state index in [1.54, 1.807) is 11.8 Å². The first-order valence-corrected chi connectivity index (χ1v) is 7.05. The molecule has 0 aromatic heterocycles. The van der Waals surface area contributed by atoms with Gasteiger partial charge in [0.15, 0.2) is 0 Å². The van der Waals surface area contributed by atoms with Crippen molar-refractivity contribution in [3.63, 3.8) is 0 Å². The normalized spacial score (nSPS) is 11.0. The fourth-order valence-electron chi connectivity index (χ4n) is 1.44. The summed E-state index contributed by atoms with van der Waals surface area (Å²) in [5.41, 5.74) is 1.70. The molecular formula is C14H13ClN2S. The second-order valence-corrected chi connectivity index (χ2v) is 5.32. The van der Waals surface area contributed by atoms with Gasteiger partial charge in [0.2, 0.25) is 0 Å². The van der Waals surface area contributed by atoms with Crippen LogP contribution in [0.3, 0.4) is 0 Å². The van der Waals surface area contributed by atoms with Crippen LogP contribution < -0.4 is 0 Å². The van der Waals surface area contributed by atoms with Gasteiger partial charge in [0.25, 0.3) is 0 Å². The Kier molecular flexibility index (Phi) is 4.79. The minimum Gasteiger partial charge on any atom is -0.151 e. The van der Waals surface area contributed by atoms with Gasteiger partial charge in [0, 0.05) is 9.92 Å². The molecule has 2 nitrogen and oxygen atoms in total. The van der Waals surface area contributed by atoms with Crippen molar-refractivity contribution >= 4 is 34.7 Å². The quantitative estimate of drug-likeness (QED) is 0.506. The van der Waals surface area contributed by atoms with Gasteiger partial charge < -0.3 is 0 Å². The monoisotopic (exact) mass is 276 g/mol. The van der Waals surface area contributed by atoms with Crippen molar-refractivity contribution in [2.45, 2.75) is 11.8 Å². The molecule has 18 heavy (non-hydrogen) atoms. The molecule has 0 amide bonds. The Labute approximate surface area is 116 Å². The molecule has 0 spiro atoms. The highest BCUT2D eigenvalue weighted by Crippen LogP contribution is 2.30. The highest BCUT2D eigenvalue weighted by molar-refractivity contribution is 7.99. The van der Waals surface area contributed by atoms with E-state index in [-0.39, 0.29) is 0 Å². The van der Waals surface area contributed by atoms with Crippen LogP contribution in [0.2, 0.25) is 5.02 Å². The van der Waals surface area contributed by atoms with Crippen LogP contribution in [-0.4, -0.2) is 5.75 Å². The maximum atomic E-state index is 5.82. The lowest BCUT2D eigenvalue weighted by Crippen LogP contribution is -1.73. The number of nitrogens with zero attached hydrogens (tertiary/aromatic N) is 2. The van der Waals surface area contributed by atoms with Gasteiger partial charge in [-0.05, 0) is 42.2 Å². The van der Waals surface area contributed by atoms with Crippen LogP contribution in [0.15, 0.2) is 63.7 Å². The molecule has 2 aromatic carbocycles. The molecule has 4 heteroatoms. The summed E-state index contributed by atoms with van der Waals surface area (Å²) in [4.78, 5) is 1.15. The number of rotatable bonds is 4. The van der Waals surface area contributed by atoms with Gasteiger partial charge in [0.1, 0.15) is 0 Å². The van der Waals surface area contributed by atoms with E-state index in [9.17, 15) is 0 Å². The molecule has 0 radical (unpaired) electrons. The van der Waals surface area contributed by atoms with Crippen LogP contribution in [0, 0.1) is 0 Å². The summed E-state index contributed by atoms with van der Waals surface area (Å²) in [5, 5.41) is 9.20. The Morgan fingerprint density at radius 1 is 1.00 bits per heavy atom. The summed E-state index contributed by atoms with van der Waals surface area (Å²) in [6.45, 7) is 2.12. The zero-order chi connectivity index (χ0) is 12.8. The summed E-state index contributed by atoms with van der Waals surface area (Å²) in [7, 11) is 0. The molecule has 0 N–H and O–H groups in total.